The lowest BCUT2D eigenvalue weighted by molar-refractivity contribution is -0.129. The van der Waals surface area contributed by atoms with Gasteiger partial charge in [0.05, 0.1) is 22.3 Å². The van der Waals surface area contributed by atoms with E-state index in [1.807, 2.05) is 4.90 Å². The summed E-state index contributed by atoms with van der Waals surface area (Å²) in [4.78, 5) is 32.1. The minimum atomic E-state index is -0.868. The van der Waals surface area contributed by atoms with E-state index in [1.165, 1.54) is 6.07 Å². The van der Waals surface area contributed by atoms with Gasteiger partial charge in [-0.2, -0.15) is 0 Å². The number of piperidine rings is 1. The van der Waals surface area contributed by atoms with E-state index in [0.29, 0.717) is 29.9 Å². The summed E-state index contributed by atoms with van der Waals surface area (Å²) >= 11 is 1.09. The van der Waals surface area contributed by atoms with Gasteiger partial charge in [-0.05, 0) is 43.0 Å². The quantitative estimate of drug-likeness (QED) is 0.465. The summed E-state index contributed by atoms with van der Waals surface area (Å²) in [6.07, 6.45) is 1.94. The lowest BCUT2D eigenvalue weighted by Gasteiger charge is -2.30. The summed E-state index contributed by atoms with van der Waals surface area (Å²) in [6, 6.07) is 9.79. The van der Waals surface area contributed by atoms with Crippen LogP contribution in [0.2, 0.25) is 0 Å². The molecule has 3 aromatic rings. The topological polar surface area (TPSA) is 55.2 Å². The van der Waals surface area contributed by atoms with Crippen molar-refractivity contribution >= 4 is 28.6 Å². The molecule has 1 fully saturated rings. The number of likely N-dealkylation sites (tertiary alicyclic amines) is 1. The molecule has 8 heteroatoms. The standard InChI is InChI=1S/C22H21F2N3O2S/c1-14-8-10-26(11-9-14)20(28)13-30-22-25-18-5-3-2-4-16(18)21(29)27(22)19-7-6-15(23)12-17(19)24/h2-7,12,14H,8-11,13H2,1H3. The van der Waals surface area contributed by atoms with Gasteiger partial charge < -0.3 is 4.90 Å². The fraction of sp³-hybridized carbons (Fsp3) is 0.318. The molecular formula is C22H21F2N3O2S. The van der Waals surface area contributed by atoms with Gasteiger partial charge in [0.15, 0.2) is 5.16 Å². The number of thioether (sulfide) groups is 1. The van der Waals surface area contributed by atoms with Gasteiger partial charge in [-0.25, -0.2) is 13.8 Å². The highest BCUT2D eigenvalue weighted by atomic mass is 32.2. The maximum absolute atomic E-state index is 14.5. The Morgan fingerprint density at radius 2 is 1.90 bits per heavy atom. The summed E-state index contributed by atoms with van der Waals surface area (Å²) in [7, 11) is 0. The van der Waals surface area contributed by atoms with Crippen LogP contribution in [0.1, 0.15) is 19.8 Å². The van der Waals surface area contributed by atoms with Gasteiger partial charge in [0.2, 0.25) is 5.91 Å². The molecule has 2 heterocycles. The average Bonchev–Trinajstić information content (AvgIpc) is 2.73. The highest BCUT2D eigenvalue weighted by Gasteiger charge is 2.22. The predicted molar refractivity (Wildman–Crippen MR) is 113 cm³/mol. The molecule has 1 aliphatic rings. The summed E-state index contributed by atoms with van der Waals surface area (Å²) in [5.74, 6) is -0.952. The molecule has 30 heavy (non-hydrogen) atoms. The first-order valence-electron chi connectivity index (χ1n) is 9.82. The first-order chi connectivity index (χ1) is 14.4. The second-order valence-electron chi connectivity index (χ2n) is 7.50. The van der Waals surface area contributed by atoms with E-state index in [2.05, 4.69) is 11.9 Å². The van der Waals surface area contributed by atoms with E-state index in [4.69, 9.17) is 0 Å². The monoisotopic (exact) mass is 429 g/mol. The molecule has 0 spiro atoms. The van der Waals surface area contributed by atoms with Crippen molar-refractivity contribution in [3.8, 4) is 5.69 Å². The molecule has 1 saturated heterocycles. The number of amides is 1. The molecule has 2 aromatic carbocycles. The average molecular weight is 429 g/mol. The van der Waals surface area contributed by atoms with Crippen LogP contribution in [-0.2, 0) is 4.79 Å². The van der Waals surface area contributed by atoms with Crippen LogP contribution in [-0.4, -0.2) is 39.2 Å². The van der Waals surface area contributed by atoms with Crippen molar-refractivity contribution in [3.63, 3.8) is 0 Å². The minimum Gasteiger partial charge on any atom is -0.342 e. The number of nitrogens with zero attached hydrogens (tertiary/aromatic N) is 3. The third-order valence-corrected chi connectivity index (χ3v) is 6.28. The number of hydrogen-bond acceptors (Lipinski definition) is 4. The lowest BCUT2D eigenvalue weighted by atomic mass is 9.99. The number of benzene rings is 2. The smallest absolute Gasteiger partial charge is 0.266 e. The molecule has 0 atom stereocenters. The number of carbonyl (C=O) groups is 1. The fourth-order valence-electron chi connectivity index (χ4n) is 3.56. The van der Waals surface area contributed by atoms with Gasteiger partial charge in [-0.15, -0.1) is 0 Å². The second-order valence-corrected chi connectivity index (χ2v) is 8.44. The van der Waals surface area contributed by atoms with Crippen molar-refractivity contribution in [2.75, 3.05) is 18.8 Å². The number of hydrogen-bond donors (Lipinski definition) is 0. The van der Waals surface area contributed by atoms with E-state index in [-0.39, 0.29) is 22.5 Å². The van der Waals surface area contributed by atoms with Crippen molar-refractivity contribution in [2.45, 2.75) is 24.9 Å². The molecule has 0 aliphatic carbocycles. The zero-order chi connectivity index (χ0) is 21.3. The third-order valence-electron chi connectivity index (χ3n) is 5.36. The van der Waals surface area contributed by atoms with Gasteiger partial charge in [0.25, 0.3) is 5.56 Å². The van der Waals surface area contributed by atoms with E-state index in [1.54, 1.807) is 24.3 Å². The molecule has 0 N–H and O–H groups in total. The molecule has 5 nitrogen and oxygen atoms in total. The number of halogens is 2. The van der Waals surface area contributed by atoms with Crippen molar-refractivity contribution < 1.29 is 13.6 Å². The third kappa shape index (κ3) is 4.09. The Labute approximate surface area is 176 Å². The minimum absolute atomic E-state index is 0.0413. The van der Waals surface area contributed by atoms with Crippen molar-refractivity contribution in [1.29, 1.82) is 0 Å². The lowest BCUT2D eigenvalue weighted by Crippen LogP contribution is -2.39. The highest BCUT2D eigenvalue weighted by molar-refractivity contribution is 7.99. The van der Waals surface area contributed by atoms with Crippen LogP contribution in [0, 0.1) is 17.6 Å². The first kappa shape index (κ1) is 20.5. The van der Waals surface area contributed by atoms with E-state index in [9.17, 15) is 18.4 Å². The Hall–Kier alpha value is -2.74. The molecule has 1 aliphatic heterocycles. The maximum atomic E-state index is 14.5. The maximum Gasteiger partial charge on any atom is 0.266 e. The van der Waals surface area contributed by atoms with Crippen molar-refractivity contribution in [1.82, 2.24) is 14.5 Å². The Kier molecular flexibility index (Phi) is 5.85. The molecule has 0 bridgehead atoms. The van der Waals surface area contributed by atoms with Crippen molar-refractivity contribution in [2.24, 2.45) is 5.92 Å². The van der Waals surface area contributed by atoms with E-state index < -0.39 is 17.2 Å². The van der Waals surface area contributed by atoms with Gasteiger partial charge in [-0.3, -0.25) is 14.2 Å². The molecule has 0 saturated carbocycles. The Balaban J connectivity index is 1.71. The van der Waals surface area contributed by atoms with Gasteiger partial charge >= 0.3 is 0 Å². The largest absolute Gasteiger partial charge is 0.342 e. The predicted octanol–water partition coefficient (Wildman–Crippen LogP) is 4.01. The van der Waals surface area contributed by atoms with E-state index >= 15 is 0 Å². The first-order valence-corrected chi connectivity index (χ1v) is 10.8. The van der Waals surface area contributed by atoms with E-state index in [0.717, 1.165) is 41.3 Å². The molecule has 0 unspecified atom stereocenters. The normalized spacial score (nSPS) is 15.0. The van der Waals surface area contributed by atoms with Crippen LogP contribution in [0.25, 0.3) is 16.6 Å². The fourth-order valence-corrected chi connectivity index (χ4v) is 4.47. The summed E-state index contributed by atoms with van der Waals surface area (Å²) in [6.45, 7) is 3.60. The number of fused-ring (bicyclic) bond motifs is 1. The zero-order valence-corrected chi connectivity index (χ0v) is 17.3. The number of para-hydroxylation sites is 1. The number of aromatic nitrogens is 2. The molecule has 0 radical (unpaired) electrons. The van der Waals surface area contributed by atoms with Crippen LogP contribution in [0.5, 0.6) is 0 Å². The number of rotatable bonds is 4. The molecule has 1 aromatic heterocycles. The second kappa shape index (κ2) is 8.55. The molecule has 156 valence electrons. The summed E-state index contributed by atoms with van der Waals surface area (Å²) < 4.78 is 29.0. The van der Waals surface area contributed by atoms with Crippen LogP contribution in [0.4, 0.5) is 8.78 Å². The zero-order valence-electron chi connectivity index (χ0n) is 16.5. The van der Waals surface area contributed by atoms with Gasteiger partial charge in [0.1, 0.15) is 11.6 Å². The highest BCUT2D eigenvalue weighted by Crippen LogP contribution is 2.24. The van der Waals surface area contributed by atoms with Gasteiger partial charge in [0, 0.05) is 19.2 Å². The van der Waals surface area contributed by atoms with Crippen LogP contribution >= 0.6 is 11.8 Å². The summed E-state index contributed by atoms with van der Waals surface area (Å²) in [5, 5.41) is 0.518. The summed E-state index contributed by atoms with van der Waals surface area (Å²) in [5.41, 5.74) is -0.0998. The van der Waals surface area contributed by atoms with Crippen LogP contribution in [0.15, 0.2) is 52.4 Å². The van der Waals surface area contributed by atoms with Crippen molar-refractivity contribution in [3.05, 3.63) is 64.5 Å². The number of carbonyl (C=O) groups excluding carboxylic acids is 1. The van der Waals surface area contributed by atoms with Gasteiger partial charge in [-0.1, -0.05) is 30.8 Å². The van der Waals surface area contributed by atoms with Crippen LogP contribution in [0.3, 0.4) is 0 Å². The molecular weight excluding hydrogens is 408 g/mol. The Bertz CT molecular complexity index is 1160. The SMILES string of the molecule is CC1CCN(C(=O)CSc2nc3ccccc3c(=O)n2-c2ccc(F)cc2F)CC1. The molecule has 1 amide bonds. The molecule has 4 rings (SSSR count). The Morgan fingerprint density at radius 3 is 2.63 bits per heavy atom. The Morgan fingerprint density at radius 1 is 1.17 bits per heavy atom. The van der Waals surface area contributed by atoms with Crippen LogP contribution < -0.4 is 5.56 Å².